The van der Waals surface area contributed by atoms with Gasteiger partial charge in [-0.25, -0.2) is 0 Å². The maximum absolute atomic E-state index is 4.41. The van der Waals surface area contributed by atoms with Crippen molar-refractivity contribution in [2.75, 3.05) is 33.2 Å². The Bertz CT molecular complexity index is 360. The summed E-state index contributed by atoms with van der Waals surface area (Å²) >= 11 is 0. The van der Waals surface area contributed by atoms with Gasteiger partial charge in [0.15, 0.2) is 0 Å². The SMILES string of the molecule is CCCNCC(CC)(CC)CN(C)CCc1ccccn1. The van der Waals surface area contributed by atoms with Crippen molar-refractivity contribution in [3.8, 4) is 0 Å². The molecule has 0 radical (unpaired) electrons. The lowest BCUT2D eigenvalue weighted by Gasteiger charge is -2.36. The Morgan fingerprint density at radius 1 is 1.19 bits per heavy atom. The lowest BCUT2D eigenvalue weighted by atomic mass is 9.81. The van der Waals surface area contributed by atoms with Gasteiger partial charge in [0.2, 0.25) is 0 Å². The fraction of sp³-hybridized carbons (Fsp3) is 0.722. The van der Waals surface area contributed by atoms with Gasteiger partial charge in [-0.3, -0.25) is 4.98 Å². The molecular weight excluding hydrogens is 258 g/mol. The molecule has 0 aromatic carbocycles. The van der Waals surface area contributed by atoms with Crippen molar-refractivity contribution in [1.29, 1.82) is 0 Å². The summed E-state index contributed by atoms with van der Waals surface area (Å²) in [6.07, 6.45) is 6.58. The van der Waals surface area contributed by atoms with E-state index < -0.39 is 0 Å². The zero-order valence-corrected chi connectivity index (χ0v) is 14.4. The molecule has 0 bridgehead atoms. The Balaban J connectivity index is 2.45. The Labute approximate surface area is 131 Å². The average Bonchev–Trinajstić information content (AvgIpc) is 2.53. The summed E-state index contributed by atoms with van der Waals surface area (Å²) < 4.78 is 0. The van der Waals surface area contributed by atoms with Crippen molar-refractivity contribution in [2.24, 2.45) is 5.41 Å². The van der Waals surface area contributed by atoms with Gasteiger partial charge in [0.1, 0.15) is 0 Å². The number of pyridine rings is 1. The van der Waals surface area contributed by atoms with Gasteiger partial charge in [-0.2, -0.15) is 0 Å². The predicted octanol–water partition coefficient (Wildman–Crippen LogP) is 3.36. The van der Waals surface area contributed by atoms with Gasteiger partial charge in [0.05, 0.1) is 0 Å². The van der Waals surface area contributed by atoms with Crippen LogP contribution in [-0.4, -0.2) is 43.1 Å². The van der Waals surface area contributed by atoms with Crippen LogP contribution >= 0.6 is 0 Å². The molecule has 21 heavy (non-hydrogen) atoms. The molecule has 0 aliphatic heterocycles. The molecule has 0 saturated heterocycles. The topological polar surface area (TPSA) is 28.2 Å². The van der Waals surface area contributed by atoms with Gasteiger partial charge in [-0.05, 0) is 50.4 Å². The standard InChI is InChI=1S/C18H33N3/c1-5-12-19-15-18(6-2,7-3)16-21(4)14-11-17-10-8-9-13-20-17/h8-10,13,19H,5-7,11-12,14-16H2,1-4H3. The van der Waals surface area contributed by atoms with Crippen LogP contribution in [0, 0.1) is 5.41 Å². The molecule has 0 aliphatic rings. The second-order valence-electron chi connectivity index (χ2n) is 6.19. The molecular formula is C18H33N3. The molecule has 0 aliphatic carbocycles. The quantitative estimate of drug-likeness (QED) is 0.634. The molecule has 1 rings (SSSR count). The Hall–Kier alpha value is -0.930. The molecule has 120 valence electrons. The minimum Gasteiger partial charge on any atom is -0.316 e. The van der Waals surface area contributed by atoms with Crippen molar-refractivity contribution in [3.05, 3.63) is 30.1 Å². The summed E-state index contributed by atoms with van der Waals surface area (Å²) in [5.41, 5.74) is 1.58. The highest BCUT2D eigenvalue weighted by molar-refractivity contribution is 5.03. The second-order valence-corrected chi connectivity index (χ2v) is 6.19. The number of aromatic nitrogens is 1. The van der Waals surface area contributed by atoms with E-state index in [-0.39, 0.29) is 0 Å². The summed E-state index contributed by atoms with van der Waals surface area (Å²) in [5, 5.41) is 3.62. The first kappa shape index (κ1) is 18.1. The molecule has 0 saturated carbocycles. The fourth-order valence-corrected chi connectivity index (χ4v) is 2.81. The molecule has 0 amide bonds. The molecule has 0 unspecified atom stereocenters. The monoisotopic (exact) mass is 291 g/mol. The van der Waals surface area contributed by atoms with Crippen molar-refractivity contribution in [3.63, 3.8) is 0 Å². The van der Waals surface area contributed by atoms with E-state index in [0.717, 1.165) is 32.6 Å². The molecule has 3 nitrogen and oxygen atoms in total. The minimum absolute atomic E-state index is 0.397. The molecule has 1 aromatic heterocycles. The van der Waals surface area contributed by atoms with Crippen LogP contribution in [0.2, 0.25) is 0 Å². The normalized spacial score (nSPS) is 12.0. The van der Waals surface area contributed by atoms with E-state index in [4.69, 9.17) is 0 Å². The van der Waals surface area contributed by atoms with Crippen LogP contribution in [0.3, 0.4) is 0 Å². The van der Waals surface area contributed by atoms with E-state index in [1.807, 2.05) is 12.3 Å². The number of hydrogen-bond donors (Lipinski definition) is 1. The molecule has 0 fully saturated rings. The van der Waals surface area contributed by atoms with E-state index in [0.29, 0.717) is 5.41 Å². The molecule has 1 aromatic rings. The van der Waals surface area contributed by atoms with Crippen LogP contribution in [0.15, 0.2) is 24.4 Å². The average molecular weight is 291 g/mol. The summed E-state index contributed by atoms with van der Waals surface area (Å²) in [4.78, 5) is 6.88. The second kappa shape index (κ2) is 9.91. The molecule has 3 heteroatoms. The highest BCUT2D eigenvalue weighted by Crippen LogP contribution is 2.26. The Morgan fingerprint density at radius 2 is 1.95 bits per heavy atom. The van der Waals surface area contributed by atoms with Crippen molar-refractivity contribution < 1.29 is 0 Å². The zero-order valence-electron chi connectivity index (χ0n) is 14.4. The maximum Gasteiger partial charge on any atom is 0.0416 e. The van der Waals surface area contributed by atoms with Crippen LogP contribution in [0.4, 0.5) is 0 Å². The van der Waals surface area contributed by atoms with Crippen molar-refractivity contribution >= 4 is 0 Å². The smallest absolute Gasteiger partial charge is 0.0416 e. The van der Waals surface area contributed by atoms with E-state index in [9.17, 15) is 0 Å². The third kappa shape index (κ3) is 6.58. The third-order valence-corrected chi connectivity index (χ3v) is 4.51. The largest absolute Gasteiger partial charge is 0.316 e. The number of likely N-dealkylation sites (N-methyl/N-ethyl adjacent to an activating group) is 1. The molecule has 1 heterocycles. The number of nitrogens with zero attached hydrogens (tertiary/aromatic N) is 2. The van der Waals surface area contributed by atoms with Crippen LogP contribution < -0.4 is 5.32 Å². The molecule has 0 spiro atoms. The minimum atomic E-state index is 0.397. The van der Waals surface area contributed by atoms with Gasteiger partial charge in [-0.1, -0.05) is 26.8 Å². The summed E-state index contributed by atoms with van der Waals surface area (Å²) in [5.74, 6) is 0. The highest BCUT2D eigenvalue weighted by atomic mass is 15.1. The van der Waals surface area contributed by atoms with Crippen molar-refractivity contribution in [2.45, 2.75) is 46.5 Å². The summed E-state index contributed by atoms with van der Waals surface area (Å²) in [6, 6.07) is 6.16. The Morgan fingerprint density at radius 3 is 2.52 bits per heavy atom. The summed E-state index contributed by atoms with van der Waals surface area (Å²) in [7, 11) is 2.24. The van der Waals surface area contributed by atoms with Crippen LogP contribution in [0.25, 0.3) is 0 Å². The third-order valence-electron chi connectivity index (χ3n) is 4.51. The molecule has 1 N–H and O–H groups in total. The number of hydrogen-bond acceptors (Lipinski definition) is 3. The van der Waals surface area contributed by atoms with E-state index in [1.165, 1.54) is 25.0 Å². The van der Waals surface area contributed by atoms with Gasteiger partial charge in [-0.15, -0.1) is 0 Å². The first-order chi connectivity index (χ1) is 10.2. The first-order valence-corrected chi connectivity index (χ1v) is 8.45. The molecule has 0 atom stereocenters. The Kier molecular flexibility index (Phi) is 8.55. The van der Waals surface area contributed by atoms with E-state index in [1.54, 1.807) is 0 Å². The lowest BCUT2D eigenvalue weighted by molar-refractivity contribution is 0.156. The number of nitrogens with one attached hydrogen (secondary N) is 1. The zero-order chi connectivity index (χ0) is 15.6. The van der Waals surface area contributed by atoms with Crippen LogP contribution in [0.5, 0.6) is 0 Å². The van der Waals surface area contributed by atoms with Gasteiger partial charge in [0.25, 0.3) is 0 Å². The first-order valence-electron chi connectivity index (χ1n) is 8.45. The van der Waals surface area contributed by atoms with E-state index >= 15 is 0 Å². The van der Waals surface area contributed by atoms with Gasteiger partial charge < -0.3 is 10.2 Å². The lowest BCUT2D eigenvalue weighted by Crippen LogP contribution is -2.43. The van der Waals surface area contributed by atoms with E-state index in [2.05, 4.69) is 55.2 Å². The summed E-state index contributed by atoms with van der Waals surface area (Å²) in [6.45, 7) is 11.4. The number of rotatable bonds is 11. The van der Waals surface area contributed by atoms with Crippen LogP contribution in [0.1, 0.15) is 45.7 Å². The highest BCUT2D eigenvalue weighted by Gasteiger charge is 2.27. The maximum atomic E-state index is 4.41. The van der Waals surface area contributed by atoms with Crippen LogP contribution in [-0.2, 0) is 6.42 Å². The van der Waals surface area contributed by atoms with Gasteiger partial charge >= 0.3 is 0 Å². The van der Waals surface area contributed by atoms with Crippen molar-refractivity contribution in [1.82, 2.24) is 15.2 Å². The van der Waals surface area contributed by atoms with Gasteiger partial charge in [0, 0.05) is 37.9 Å². The fourth-order valence-electron chi connectivity index (χ4n) is 2.81. The predicted molar refractivity (Wildman–Crippen MR) is 91.6 cm³/mol.